The van der Waals surface area contributed by atoms with Crippen LogP contribution in [0.15, 0.2) is 82.6 Å². The topological polar surface area (TPSA) is 131 Å². The molecule has 0 radical (unpaired) electrons. The van der Waals surface area contributed by atoms with Crippen molar-refractivity contribution in [3.63, 3.8) is 0 Å². The number of fused-ring (bicyclic) bond motifs is 3. The molecule has 2 aliphatic heterocycles. The van der Waals surface area contributed by atoms with Gasteiger partial charge in [0.2, 0.25) is 10.0 Å². The summed E-state index contributed by atoms with van der Waals surface area (Å²) in [5.41, 5.74) is 1.85. The minimum Gasteiger partial charge on any atom is -0.406 e. The molecule has 14 heteroatoms. The van der Waals surface area contributed by atoms with E-state index in [4.69, 9.17) is 0 Å². The van der Waals surface area contributed by atoms with E-state index in [1.807, 2.05) is 12.1 Å². The maximum atomic E-state index is 13.0. The molecule has 5 N–H and O–H groups in total. The molecule has 2 heterocycles. The van der Waals surface area contributed by atoms with Crippen molar-refractivity contribution < 1.29 is 40.5 Å². The highest BCUT2D eigenvalue weighted by molar-refractivity contribution is 8.25. The molecule has 2 aliphatic rings. The van der Waals surface area contributed by atoms with Crippen LogP contribution >= 0.6 is 10.8 Å². The summed E-state index contributed by atoms with van der Waals surface area (Å²) >= 11 is 0. The highest BCUT2D eigenvalue weighted by atomic mass is 32.3. The number of sulfonamides is 1. The Morgan fingerprint density at radius 3 is 2.26 bits per heavy atom. The summed E-state index contributed by atoms with van der Waals surface area (Å²) in [5.74, 6) is -0.579. The van der Waals surface area contributed by atoms with Crippen molar-refractivity contribution in [2.45, 2.75) is 34.3 Å². The maximum absolute atomic E-state index is 13.0. The molecule has 0 aromatic heterocycles. The Morgan fingerprint density at radius 1 is 0.947 bits per heavy atom. The lowest BCUT2D eigenvalue weighted by atomic mass is 9.97. The van der Waals surface area contributed by atoms with Crippen LogP contribution in [0.2, 0.25) is 0 Å². The molecule has 1 fully saturated rings. The second-order valence-corrected chi connectivity index (χ2v) is 12.4. The molecule has 204 valence electrons. The van der Waals surface area contributed by atoms with E-state index in [1.165, 1.54) is 4.31 Å². The van der Waals surface area contributed by atoms with E-state index >= 15 is 0 Å². The van der Waals surface area contributed by atoms with Gasteiger partial charge in [-0.25, -0.2) is 13.1 Å². The highest BCUT2D eigenvalue weighted by Gasteiger charge is 2.46. The monoisotopic (exact) mass is 571 g/mol. The second-order valence-electron chi connectivity index (χ2n) is 8.82. The molecule has 3 atom stereocenters. The second kappa shape index (κ2) is 9.72. The fraction of sp³-hybridized carbons (Fsp3) is 0.250. The Morgan fingerprint density at radius 2 is 1.58 bits per heavy atom. The van der Waals surface area contributed by atoms with Gasteiger partial charge in [-0.3, -0.25) is 13.4 Å². The molecule has 0 amide bonds. The van der Waals surface area contributed by atoms with Crippen LogP contribution < -0.4 is 19.1 Å². The van der Waals surface area contributed by atoms with Crippen molar-refractivity contribution in [3.8, 4) is 16.9 Å². The highest BCUT2D eigenvalue weighted by Crippen LogP contribution is 2.63. The number of hydrogen-bond acceptors (Lipinski definition) is 8. The van der Waals surface area contributed by atoms with Crippen LogP contribution in [0, 0.1) is 0 Å². The molecule has 38 heavy (non-hydrogen) atoms. The van der Waals surface area contributed by atoms with E-state index in [0.717, 1.165) is 29.8 Å². The van der Waals surface area contributed by atoms with Gasteiger partial charge in [-0.1, -0.05) is 47.2 Å². The third kappa shape index (κ3) is 4.96. The molecule has 0 unspecified atom stereocenters. The van der Waals surface area contributed by atoms with E-state index in [9.17, 15) is 35.8 Å². The standard InChI is InChI=1S/C24H24F3N3O6S2/c25-24(26,27)36-15-9-11-16(12-10-15)37(32,33)29-19-13-28-14-21(23(19)31)30-20-7-3-1-5-17(20)18-6-2-4-8-22(18)38(30,34)35/h1-12,19,21,23,28-29,31,34-35H,13-14H2/t19-,21+,23+/m1/s1. The van der Waals surface area contributed by atoms with Crippen LogP contribution in [-0.2, 0) is 10.0 Å². The molecule has 0 bridgehead atoms. The average Bonchev–Trinajstić information content (AvgIpc) is 2.85. The molecule has 3 aromatic rings. The normalized spacial score (nSPS) is 23.7. The largest absolute Gasteiger partial charge is 0.573 e. The van der Waals surface area contributed by atoms with Gasteiger partial charge in [0, 0.05) is 24.2 Å². The van der Waals surface area contributed by atoms with Crippen LogP contribution in [0.4, 0.5) is 18.9 Å². The summed E-state index contributed by atoms with van der Waals surface area (Å²) in [5, 5.41) is 14.3. The van der Waals surface area contributed by atoms with Gasteiger partial charge in [0.25, 0.3) is 0 Å². The van der Waals surface area contributed by atoms with E-state index in [0.29, 0.717) is 11.3 Å². The van der Waals surface area contributed by atoms with Gasteiger partial charge in [0.05, 0.1) is 33.7 Å². The first-order valence-corrected chi connectivity index (χ1v) is 14.4. The zero-order chi connectivity index (χ0) is 27.3. The number of rotatable bonds is 5. The van der Waals surface area contributed by atoms with E-state index < -0.39 is 51.1 Å². The van der Waals surface area contributed by atoms with Gasteiger partial charge in [-0.15, -0.1) is 13.2 Å². The number of hydrogen-bond donors (Lipinski definition) is 5. The molecule has 0 saturated carbocycles. The van der Waals surface area contributed by atoms with Crippen molar-refractivity contribution >= 4 is 26.5 Å². The lowest BCUT2D eigenvalue weighted by molar-refractivity contribution is -0.274. The van der Waals surface area contributed by atoms with Gasteiger partial charge < -0.3 is 15.2 Å². The first-order valence-electron chi connectivity index (χ1n) is 11.4. The lowest BCUT2D eigenvalue weighted by Crippen LogP contribution is -2.65. The van der Waals surface area contributed by atoms with Crippen molar-refractivity contribution in [3.05, 3.63) is 72.8 Å². The molecule has 0 aliphatic carbocycles. The number of aliphatic hydroxyl groups excluding tert-OH is 1. The van der Waals surface area contributed by atoms with Crippen LogP contribution in [0.5, 0.6) is 5.75 Å². The number of aliphatic hydroxyl groups is 1. The van der Waals surface area contributed by atoms with Gasteiger partial charge >= 0.3 is 6.36 Å². The lowest BCUT2D eigenvalue weighted by Gasteiger charge is -2.54. The Balaban J connectivity index is 1.42. The minimum atomic E-state index is -4.92. The van der Waals surface area contributed by atoms with Crippen molar-refractivity contribution in [1.82, 2.24) is 10.0 Å². The molecule has 3 aromatic carbocycles. The third-order valence-electron chi connectivity index (χ3n) is 6.39. The predicted molar refractivity (Wildman–Crippen MR) is 135 cm³/mol. The fourth-order valence-corrected chi connectivity index (χ4v) is 7.96. The zero-order valence-electron chi connectivity index (χ0n) is 19.5. The molecule has 0 spiro atoms. The van der Waals surface area contributed by atoms with Crippen LogP contribution in [0.25, 0.3) is 11.1 Å². The number of nitrogens with one attached hydrogen (secondary N) is 2. The number of ether oxygens (including phenoxy) is 1. The number of anilines is 1. The number of para-hydroxylation sites is 1. The molecule has 5 rings (SSSR count). The minimum absolute atomic E-state index is 0.0252. The van der Waals surface area contributed by atoms with Gasteiger partial charge in [-0.05, 0) is 36.4 Å². The smallest absolute Gasteiger partial charge is 0.406 e. The summed E-state index contributed by atoms with van der Waals surface area (Å²) in [4.78, 5) is -0.0438. The quantitative estimate of drug-likeness (QED) is 0.313. The van der Waals surface area contributed by atoms with Crippen molar-refractivity contribution in [2.75, 3.05) is 17.4 Å². The zero-order valence-corrected chi connectivity index (χ0v) is 21.2. The van der Waals surface area contributed by atoms with E-state index in [1.54, 1.807) is 36.4 Å². The number of piperidine rings is 1. The summed E-state index contributed by atoms with van der Waals surface area (Å²) in [6.07, 6.45) is -6.31. The SMILES string of the molecule is O=S(=O)(N[C@@H]1CNC[C@H](N2c3ccccc3-c3ccccc3S2(O)O)[C@H]1O)c1ccc(OC(F)(F)F)cc1. The fourth-order valence-electron chi connectivity index (χ4n) is 4.75. The molecule has 1 saturated heterocycles. The van der Waals surface area contributed by atoms with Gasteiger partial charge in [0.15, 0.2) is 0 Å². The molecular formula is C24H24F3N3O6S2. The Kier molecular flexibility index (Phi) is 6.84. The number of halogens is 3. The number of nitrogens with zero attached hydrogens (tertiary/aromatic N) is 1. The van der Waals surface area contributed by atoms with Gasteiger partial charge in [0.1, 0.15) is 5.75 Å². The predicted octanol–water partition coefficient (Wildman–Crippen LogP) is 3.78. The van der Waals surface area contributed by atoms with Crippen molar-refractivity contribution in [2.24, 2.45) is 0 Å². The number of alkyl halides is 3. The summed E-state index contributed by atoms with van der Waals surface area (Å²) in [7, 11) is -7.89. The van der Waals surface area contributed by atoms with Gasteiger partial charge in [-0.2, -0.15) is 0 Å². The summed E-state index contributed by atoms with van der Waals surface area (Å²) in [6, 6.07) is 15.5. The summed E-state index contributed by atoms with van der Waals surface area (Å²) in [6.45, 7) is 0.146. The average molecular weight is 572 g/mol. The maximum Gasteiger partial charge on any atom is 0.573 e. The third-order valence-corrected chi connectivity index (χ3v) is 9.86. The summed E-state index contributed by atoms with van der Waals surface area (Å²) < 4.78 is 93.6. The Hall–Kier alpha value is -2.85. The van der Waals surface area contributed by atoms with Crippen LogP contribution in [-0.4, -0.2) is 60.3 Å². The Bertz CT molecular complexity index is 1440. The van der Waals surface area contributed by atoms with Crippen LogP contribution in [0.1, 0.15) is 0 Å². The molecular weight excluding hydrogens is 547 g/mol. The van der Waals surface area contributed by atoms with Crippen molar-refractivity contribution in [1.29, 1.82) is 0 Å². The van der Waals surface area contributed by atoms with E-state index in [2.05, 4.69) is 14.8 Å². The Labute approximate surface area is 218 Å². The first kappa shape index (κ1) is 26.7. The van der Waals surface area contributed by atoms with Crippen LogP contribution in [0.3, 0.4) is 0 Å². The number of benzene rings is 3. The van der Waals surface area contributed by atoms with E-state index in [-0.39, 0.29) is 22.9 Å². The first-order chi connectivity index (χ1) is 17.9. The molecule has 9 nitrogen and oxygen atoms in total.